The summed E-state index contributed by atoms with van der Waals surface area (Å²) >= 11 is 0. The Hall–Kier alpha value is -3.55. The van der Waals surface area contributed by atoms with Crippen molar-refractivity contribution < 1.29 is 14.3 Å². The summed E-state index contributed by atoms with van der Waals surface area (Å²) in [5.41, 5.74) is 1.37. The predicted molar refractivity (Wildman–Crippen MR) is 110 cm³/mol. The SMILES string of the molecule is CCn1cc(NC(=O)NC[C@H]2COc3ccccc3O2)c(=O)c2ccc(C)nc21. The van der Waals surface area contributed by atoms with Gasteiger partial charge in [-0.3, -0.25) is 4.79 Å². The van der Waals surface area contributed by atoms with Gasteiger partial charge in [0, 0.05) is 18.4 Å². The molecule has 0 unspecified atom stereocenters. The van der Waals surface area contributed by atoms with Crippen molar-refractivity contribution in [1.82, 2.24) is 14.9 Å². The standard InChI is InChI=1S/C21H22N4O4/c1-3-25-11-16(19(26)15-9-8-13(2)23-20(15)25)24-21(27)22-10-14-12-28-17-6-4-5-7-18(17)29-14/h4-9,11,14H,3,10,12H2,1-2H3,(H2,22,24,27)/t14-/m0/s1. The molecule has 0 radical (unpaired) electrons. The van der Waals surface area contributed by atoms with Crippen LogP contribution in [0.2, 0.25) is 0 Å². The van der Waals surface area contributed by atoms with Crippen LogP contribution in [0.3, 0.4) is 0 Å². The molecular weight excluding hydrogens is 372 g/mol. The Bertz CT molecular complexity index is 1130. The number of anilines is 1. The molecule has 8 heteroatoms. The molecule has 1 aromatic carbocycles. The summed E-state index contributed by atoms with van der Waals surface area (Å²) < 4.78 is 13.3. The highest BCUT2D eigenvalue weighted by atomic mass is 16.6. The van der Waals surface area contributed by atoms with Crippen LogP contribution in [0.25, 0.3) is 11.0 Å². The van der Waals surface area contributed by atoms with E-state index in [0.717, 1.165) is 5.69 Å². The molecule has 1 atom stereocenters. The zero-order valence-corrected chi connectivity index (χ0v) is 16.3. The van der Waals surface area contributed by atoms with Gasteiger partial charge in [-0.15, -0.1) is 0 Å². The maximum Gasteiger partial charge on any atom is 0.319 e. The smallest absolute Gasteiger partial charge is 0.319 e. The van der Waals surface area contributed by atoms with Gasteiger partial charge in [-0.25, -0.2) is 9.78 Å². The van der Waals surface area contributed by atoms with Gasteiger partial charge in [0.1, 0.15) is 17.9 Å². The summed E-state index contributed by atoms with van der Waals surface area (Å²) in [7, 11) is 0. The topological polar surface area (TPSA) is 94.5 Å². The molecule has 8 nitrogen and oxygen atoms in total. The minimum Gasteiger partial charge on any atom is -0.486 e. The monoisotopic (exact) mass is 394 g/mol. The number of aryl methyl sites for hydroxylation is 2. The molecule has 150 valence electrons. The van der Waals surface area contributed by atoms with Gasteiger partial charge >= 0.3 is 6.03 Å². The molecule has 1 aliphatic heterocycles. The van der Waals surface area contributed by atoms with Crippen LogP contribution in [-0.4, -0.2) is 34.8 Å². The molecule has 2 N–H and O–H groups in total. The minimum atomic E-state index is -0.480. The highest BCUT2D eigenvalue weighted by Gasteiger charge is 2.21. The van der Waals surface area contributed by atoms with Crippen LogP contribution in [0.4, 0.5) is 10.5 Å². The number of urea groups is 1. The summed E-state index contributed by atoms with van der Waals surface area (Å²) in [6.45, 7) is 5.03. The number of hydrogen-bond acceptors (Lipinski definition) is 5. The van der Waals surface area contributed by atoms with Gasteiger partial charge in [0.25, 0.3) is 0 Å². The Kier molecular flexibility index (Phi) is 5.07. The summed E-state index contributed by atoms with van der Waals surface area (Å²) in [4.78, 5) is 29.6. The first-order valence-corrected chi connectivity index (χ1v) is 9.49. The van der Waals surface area contributed by atoms with Crippen molar-refractivity contribution in [2.75, 3.05) is 18.5 Å². The number of amides is 2. The normalized spacial score (nSPS) is 15.2. The van der Waals surface area contributed by atoms with Gasteiger partial charge in [-0.05, 0) is 38.1 Å². The first kappa shape index (κ1) is 18.8. The van der Waals surface area contributed by atoms with Crippen LogP contribution in [0.5, 0.6) is 11.5 Å². The third-order valence-corrected chi connectivity index (χ3v) is 4.71. The molecule has 0 spiro atoms. The fraction of sp³-hybridized carbons (Fsp3) is 0.286. The van der Waals surface area contributed by atoms with Crippen LogP contribution in [0.1, 0.15) is 12.6 Å². The van der Waals surface area contributed by atoms with E-state index in [1.54, 1.807) is 18.3 Å². The molecule has 4 rings (SSSR count). The number of para-hydroxylation sites is 2. The van der Waals surface area contributed by atoms with E-state index >= 15 is 0 Å². The van der Waals surface area contributed by atoms with Crippen molar-refractivity contribution >= 4 is 22.8 Å². The molecule has 0 bridgehead atoms. The van der Waals surface area contributed by atoms with Gasteiger partial charge in [-0.1, -0.05) is 12.1 Å². The lowest BCUT2D eigenvalue weighted by Gasteiger charge is -2.26. The number of ether oxygens (including phenoxy) is 2. The minimum absolute atomic E-state index is 0.202. The number of pyridine rings is 2. The quantitative estimate of drug-likeness (QED) is 0.710. The lowest BCUT2D eigenvalue weighted by Crippen LogP contribution is -2.42. The number of carbonyl (C=O) groups is 1. The van der Waals surface area contributed by atoms with Crippen LogP contribution < -0.4 is 25.5 Å². The largest absolute Gasteiger partial charge is 0.486 e. The van der Waals surface area contributed by atoms with E-state index in [9.17, 15) is 9.59 Å². The lowest BCUT2D eigenvalue weighted by molar-refractivity contribution is 0.0922. The van der Waals surface area contributed by atoms with Crippen molar-refractivity contribution in [1.29, 1.82) is 0 Å². The summed E-state index contributed by atoms with van der Waals surface area (Å²) in [5, 5.41) is 5.85. The number of rotatable bonds is 4. The average molecular weight is 394 g/mol. The molecule has 0 saturated heterocycles. The maximum atomic E-state index is 12.7. The number of fused-ring (bicyclic) bond motifs is 2. The molecule has 2 amide bonds. The Balaban J connectivity index is 1.45. The third kappa shape index (κ3) is 3.87. The first-order valence-electron chi connectivity index (χ1n) is 9.49. The van der Waals surface area contributed by atoms with E-state index in [1.807, 2.05) is 42.7 Å². The Morgan fingerprint density at radius 3 is 2.83 bits per heavy atom. The number of nitrogens with one attached hydrogen (secondary N) is 2. The Labute approximate surface area is 167 Å². The lowest BCUT2D eigenvalue weighted by atomic mass is 10.2. The van der Waals surface area contributed by atoms with E-state index in [1.165, 1.54) is 0 Å². The number of benzene rings is 1. The zero-order valence-electron chi connectivity index (χ0n) is 16.3. The molecule has 1 aliphatic rings. The van der Waals surface area contributed by atoms with Crippen molar-refractivity contribution in [3.8, 4) is 11.5 Å². The molecular formula is C21H22N4O4. The van der Waals surface area contributed by atoms with Gasteiger partial charge in [0.2, 0.25) is 5.43 Å². The summed E-state index contributed by atoms with van der Waals surface area (Å²) in [5.74, 6) is 1.34. The second-order valence-corrected chi connectivity index (χ2v) is 6.81. The molecule has 3 heterocycles. The number of aromatic nitrogens is 2. The van der Waals surface area contributed by atoms with Gasteiger partial charge in [-0.2, -0.15) is 0 Å². The molecule has 0 saturated carbocycles. The van der Waals surface area contributed by atoms with Gasteiger partial charge < -0.3 is 24.7 Å². The number of nitrogens with zero attached hydrogens (tertiary/aromatic N) is 2. The van der Waals surface area contributed by atoms with E-state index in [0.29, 0.717) is 35.7 Å². The van der Waals surface area contributed by atoms with Crippen molar-refractivity contribution in [2.24, 2.45) is 0 Å². The second kappa shape index (κ2) is 7.83. The molecule has 3 aromatic rings. The fourth-order valence-electron chi connectivity index (χ4n) is 3.23. The van der Waals surface area contributed by atoms with E-state index in [4.69, 9.17) is 9.47 Å². The summed E-state index contributed by atoms with van der Waals surface area (Å²) in [6, 6.07) is 10.4. The van der Waals surface area contributed by atoms with Crippen molar-refractivity contribution in [2.45, 2.75) is 26.5 Å². The van der Waals surface area contributed by atoms with E-state index in [-0.39, 0.29) is 23.8 Å². The first-order chi connectivity index (χ1) is 14.0. The highest BCUT2D eigenvalue weighted by Crippen LogP contribution is 2.30. The van der Waals surface area contributed by atoms with Gasteiger partial charge in [0.05, 0.1) is 11.9 Å². The highest BCUT2D eigenvalue weighted by molar-refractivity contribution is 5.91. The zero-order chi connectivity index (χ0) is 20.4. The average Bonchev–Trinajstić information content (AvgIpc) is 2.74. The molecule has 29 heavy (non-hydrogen) atoms. The second-order valence-electron chi connectivity index (χ2n) is 6.81. The van der Waals surface area contributed by atoms with Crippen LogP contribution >= 0.6 is 0 Å². The number of carbonyl (C=O) groups excluding carboxylic acids is 1. The molecule has 0 fully saturated rings. The molecule has 2 aromatic heterocycles. The van der Waals surface area contributed by atoms with Crippen molar-refractivity contribution in [3.63, 3.8) is 0 Å². The number of hydrogen-bond donors (Lipinski definition) is 2. The van der Waals surface area contributed by atoms with Crippen LogP contribution in [-0.2, 0) is 6.54 Å². The van der Waals surface area contributed by atoms with E-state index < -0.39 is 6.03 Å². The maximum absolute atomic E-state index is 12.7. The van der Waals surface area contributed by atoms with E-state index in [2.05, 4.69) is 15.6 Å². The summed E-state index contributed by atoms with van der Waals surface area (Å²) in [6.07, 6.45) is 1.30. The third-order valence-electron chi connectivity index (χ3n) is 4.71. The van der Waals surface area contributed by atoms with Gasteiger partial charge in [0.15, 0.2) is 17.6 Å². The predicted octanol–water partition coefficient (Wildman–Crippen LogP) is 2.69. The fourth-order valence-corrected chi connectivity index (χ4v) is 3.23. The van der Waals surface area contributed by atoms with Crippen molar-refractivity contribution in [3.05, 3.63) is 58.5 Å². The van der Waals surface area contributed by atoms with Crippen LogP contribution in [0.15, 0.2) is 47.4 Å². The van der Waals surface area contributed by atoms with Crippen LogP contribution in [0, 0.1) is 6.92 Å². The Morgan fingerprint density at radius 1 is 1.24 bits per heavy atom. The molecule has 0 aliphatic carbocycles. The Morgan fingerprint density at radius 2 is 2.03 bits per heavy atom.